The second-order valence-corrected chi connectivity index (χ2v) is 4.62. The number of oxime groups is 1. The molecule has 0 spiro atoms. The SMILES string of the molecule is O/N=C/c1ccc(OCc2c(Cl)cccc2Cl)cc1. The van der Waals surface area contributed by atoms with Gasteiger partial charge in [0.15, 0.2) is 0 Å². The minimum atomic E-state index is 0.298. The minimum Gasteiger partial charge on any atom is -0.489 e. The normalized spacial score (nSPS) is 10.8. The first-order valence-electron chi connectivity index (χ1n) is 5.54. The molecule has 0 amide bonds. The van der Waals surface area contributed by atoms with E-state index in [2.05, 4.69) is 5.16 Å². The topological polar surface area (TPSA) is 41.8 Å². The number of rotatable bonds is 4. The Morgan fingerprint density at radius 1 is 1.05 bits per heavy atom. The average molecular weight is 296 g/mol. The van der Waals surface area contributed by atoms with Gasteiger partial charge in [-0.15, -0.1) is 0 Å². The number of hydrogen-bond donors (Lipinski definition) is 1. The average Bonchev–Trinajstić information content (AvgIpc) is 2.40. The van der Waals surface area contributed by atoms with E-state index in [1.54, 1.807) is 42.5 Å². The van der Waals surface area contributed by atoms with Gasteiger partial charge in [0.25, 0.3) is 0 Å². The molecule has 2 aromatic carbocycles. The van der Waals surface area contributed by atoms with Crippen molar-refractivity contribution in [2.45, 2.75) is 6.61 Å². The van der Waals surface area contributed by atoms with Crippen LogP contribution in [-0.4, -0.2) is 11.4 Å². The Morgan fingerprint density at radius 3 is 2.26 bits per heavy atom. The highest BCUT2D eigenvalue weighted by Gasteiger charge is 2.06. The van der Waals surface area contributed by atoms with E-state index in [9.17, 15) is 0 Å². The van der Waals surface area contributed by atoms with Crippen LogP contribution in [0.3, 0.4) is 0 Å². The minimum absolute atomic E-state index is 0.298. The van der Waals surface area contributed by atoms with E-state index in [-0.39, 0.29) is 0 Å². The van der Waals surface area contributed by atoms with Crippen LogP contribution in [0, 0.1) is 0 Å². The van der Waals surface area contributed by atoms with Crippen molar-refractivity contribution < 1.29 is 9.94 Å². The largest absolute Gasteiger partial charge is 0.489 e. The Kier molecular flexibility index (Phi) is 4.66. The van der Waals surface area contributed by atoms with Crippen LogP contribution in [0.4, 0.5) is 0 Å². The summed E-state index contributed by atoms with van der Waals surface area (Å²) >= 11 is 12.1. The Balaban J connectivity index is 2.06. The number of benzene rings is 2. The molecule has 0 heterocycles. The van der Waals surface area contributed by atoms with Crippen LogP contribution in [0.5, 0.6) is 5.75 Å². The van der Waals surface area contributed by atoms with Gasteiger partial charge in [0.2, 0.25) is 0 Å². The van der Waals surface area contributed by atoms with Crippen molar-refractivity contribution >= 4 is 29.4 Å². The fraction of sp³-hybridized carbons (Fsp3) is 0.0714. The van der Waals surface area contributed by atoms with Crippen LogP contribution < -0.4 is 4.74 Å². The van der Waals surface area contributed by atoms with Gasteiger partial charge in [-0.2, -0.15) is 0 Å². The van der Waals surface area contributed by atoms with Crippen molar-refractivity contribution in [3.63, 3.8) is 0 Å². The molecule has 0 aliphatic heterocycles. The third-order valence-corrected chi connectivity index (χ3v) is 3.24. The molecule has 0 unspecified atom stereocenters. The Bertz CT molecular complexity index is 562. The van der Waals surface area contributed by atoms with Crippen LogP contribution in [0.25, 0.3) is 0 Å². The van der Waals surface area contributed by atoms with E-state index in [1.807, 2.05) is 0 Å². The van der Waals surface area contributed by atoms with Gasteiger partial charge in [-0.3, -0.25) is 0 Å². The molecule has 0 aliphatic carbocycles. The number of hydrogen-bond acceptors (Lipinski definition) is 3. The number of nitrogens with zero attached hydrogens (tertiary/aromatic N) is 1. The lowest BCUT2D eigenvalue weighted by atomic mass is 10.2. The van der Waals surface area contributed by atoms with Crippen molar-refractivity contribution in [3.8, 4) is 5.75 Å². The van der Waals surface area contributed by atoms with Gasteiger partial charge in [0, 0.05) is 15.6 Å². The molecular weight excluding hydrogens is 285 g/mol. The Hall–Kier alpha value is -1.71. The van der Waals surface area contributed by atoms with Crippen molar-refractivity contribution in [1.29, 1.82) is 0 Å². The second kappa shape index (κ2) is 6.45. The van der Waals surface area contributed by atoms with E-state index >= 15 is 0 Å². The third-order valence-electron chi connectivity index (χ3n) is 2.53. The summed E-state index contributed by atoms with van der Waals surface area (Å²) in [6.45, 7) is 0.298. The van der Waals surface area contributed by atoms with Crippen LogP contribution in [0.2, 0.25) is 10.0 Å². The monoisotopic (exact) mass is 295 g/mol. The van der Waals surface area contributed by atoms with Crippen LogP contribution in [0.1, 0.15) is 11.1 Å². The highest BCUT2D eigenvalue weighted by Crippen LogP contribution is 2.25. The highest BCUT2D eigenvalue weighted by molar-refractivity contribution is 6.35. The maximum Gasteiger partial charge on any atom is 0.119 e. The zero-order valence-corrected chi connectivity index (χ0v) is 11.4. The molecule has 3 nitrogen and oxygen atoms in total. The molecule has 2 rings (SSSR count). The predicted molar refractivity (Wildman–Crippen MR) is 76.6 cm³/mol. The van der Waals surface area contributed by atoms with E-state index in [4.69, 9.17) is 33.1 Å². The van der Waals surface area contributed by atoms with Crippen molar-refractivity contribution in [3.05, 3.63) is 63.6 Å². The summed E-state index contributed by atoms with van der Waals surface area (Å²) in [6, 6.07) is 12.5. The van der Waals surface area contributed by atoms with Gasteiger partial charge in [-0.25, -0.2) is 0 Å². The molecule has 0 saturated carbocycles. The van der Waals surface area contributed by atoms with Gasteiger partial charge >= 0.3 is 0 Å². The number of halogens is 2. The fourth-order valence-electron chi connectivity index (χ4n) is 1.54. The quantitative estimate of drug-likeness (QED) is 0.517. The maximum absolute atomic E-state index is 8.41. The van der Waals surface area contributed by atoms with Gasteiger partial charge in [0.1, 0.15) is 12.4 Å². The predicted octanol–water partition coefficient (Wildman–Crippen LogP) is 4.38. The zero-order chi connectivity index (χ0) is 13.7. The van der Waals surface area contributed by atoms with Gasteiger partial charge < -0.3 is 9.94 Å². The highest BCUT2D eigenvalue weighted by atomic mass is 35.5. The summed E-state index contributed by atoms with van der Waals surface area (Å²) < 4.78 is 5.61. The maximum atomic E-state index is 8.41. The van der Waals surface area contributed by atoms with E-state index in [1.165, 1.54) is 6.21 Å². The first-order chi connectivity index (χ1) is 9.20. The summed E-state index contributed by atoms with van der Waals surface area (Å²) in [5.74, 6) is 0.686. The third kappa shape index (κ3) is 3.63. The Labute approximate surface area is 121 Å². The molecular formula is C14H11Cl2NO2. The molecule has 0 atom stereocenters. The molecule has 5 heteroatoms. The lowest BCUT2D eigenvalue weighted by Crippen LogP contribution is -1.97. The van der Waals surface area contributed by atoms with Crippen LogP contribution in [-0.2, 0) is 6.61 Å². The molecule has 2 aromatic rings. The molecule has 0 saturated heterocycles. The smallest absolute Gasteiger partial charge is 0.119 e. The summed E-state index contributed by atoms with van der Waals surface area (Å²) in [4.78, 5) is 0. The fourth-order valence-corrected chi connectivity index (χ4v) is 2.05. The van der Waals surface area contributed by atoms with Crippen LogP contribution >= 0.6 is 23.2 Å². The van der Waals surface area contributed by atoms with E-state index in [0.717, 1.165) is 11.1 Å². The van der Waals surface area contributed by atoms with Crippen LogP contribution in [0.15, 0.2) is 47.6 Å². The standard InChI is InChI=1S/C14H11Cl2NO2/c15-13-2-1-3-14(16)12(13)9-19-11-6-4-10(5-7-11)8-17-18/h1-8,18H,9H2/b17-8+. The Morgan fingerprint density at radius 2 is 1.68 bits per heavy atom. The molecule has 0 radical (unpaired) electrons. The lowest BCUT2D eigenvalue weighted by molar-refractivity contribution is 0.306. The summed E-state index contributed by atoms with van der Waals surface area (Å²) in [5.41, 5.74) is 1.54. The summed E-state index contributed by atoms with van der Waals surface area (Å²) in [7, 11) is 0. The molecule has 0 bridgehead atoms. The molecule has 0 fully saturated rings. The molecule has 1 N–H and O–H groups in total. The van der Waals surface area contributed by atoms with E-state index < -0.39 is 0 Å². The van der Waals surface area contributed by atoms with Gasteiger partial charge in [-0.05, 0) is 42.0 Å². The molecule has 98 valence electrons. The second-order valence-electron chi connectivity index (χ2n) is 3.80. The van der Waals surface area contributed by atoms with Gasteiger partial charge in [-0.1, -0.05) is 34.4 Å². The van der Waals surface area contributed by atoms with Crippen molar-refractivity contribution in [2.75, 3.05) is 0 Å². The van der Waals surface area contributed by atoms with Gasteiger partial charge in [0.05, 0.1) is 6.21 Å². The van der Waals surface area contributed by atoms with Crippen molar-refractivity contribution in [1.82, 2.24) is 0 Å². The zero-order valence-electron chi connectivity index (χ0n) is 9.88. The first-order valence-corrected chi connectivity index (χ1v) is 6.29. The molecule has 0 aliphatic rings. The first kappa shape index (κ1) is 13.7. The summed E-state index contributed by atoms with van der Waals surface area (Å²) in [6.07, 6.45) is 1.34. The van der Waals surface area contributed by atoms with E-state index in [0.29, 0.717) is 22.4 Å². The molecule has 0 aromatic heterocycles. The molecule has 19 heavy (non-hydrogen) atoms. The van der Waals surface area contributed by atoms with Crippen molar-refractivity contribution in [2.24, 2.45) is 5.16 Å². The lowest BCUT2D eigenvalue weighted by Gasteiger charge is -2.09. The summed E-state index contributed by atoms with van der Waals surface area (Å²) in [5, 5.41) is 12.5. The number of ether oxygens (including phenoxy) is 1.